The summed E-state index contributed by atoms with van der Waals surface area (Å²) in [5.74, 6) is -0.265. The lowest BCUT2D eigenvalue weighted by molar-refractivity contribution is 0.0300. The molecule has 0 aliphatic carbocycles. The maximum absolute atomic E-state index is 13.1. The number of nitrogen functional groups attached to an aromatic ring is 1. The van der Waals surface area contributed by atoms with Crippen LogP contribution >= 0.6 is 0 Å². The van der Waals surface area contributed by atoms with Crippen molar-refractivity contribution in [1.29, 1.82) is 0 Å². The molecule has 2 rings (SSSR count). The van der Waals surface area contributed by atoms with Crippen molar-refractivity contribution in [2.24, 2.45) is 5.41 Å². The summed E-state index contributed by atoms with van der Waals surface area (Å²) in [6.45, 7) is 4.62. The summed E-state index contributed by atoms with van der Waals surface area (Å²) in [4.78, 5) is 0. The second kappa shape index (κ2) is 4.92. The Morgan fingerprint density at radius 3 is 2.82 bits per heavy atom. The highest BCUT2D eigenvalue weighted by atomic mass is 19.1. The summed E-state index contributed by atoms with van der Waals surface area (Å²) in [5, 5.41) is 3.24. The minimum absolute atomic E-state index is 0.205. The maximum Gasteiger partial charge on any atom is 0.125 e. The van der Waals surface area contributed by atoms with E-state index in [1.54, 1.807) is 6.07 Å². The summed E-state index contributed by atoms with van der Waals surface area (Å²) < 4.78 is 18.4. The molecule has 0 spiro atoms. The zero-order chi connectivity index (χ0) is 12.3. The fourth-order valence-corrected chi connectivity index (χ4v) is 2.03. The average molecular weight is 238 g/mol. The Balaban J connectivity index is 1.99. The zero-order valence-electron chi connectivity index (χ0n) is 10.1. The van der Waals surface area contributed by atoms with Gasteiger partial charge >= 0.3 is 0 Å². The summed E-state index contributed by atoms with van der Waals surface area (Å²) in [6.07, 6.45) is 2.05. The van der Waals surface area contributed by atoms with Crippen LogP contribution in [-0.4, -0.2) is 19.8 Å². The lowest BCUT2D eigenvalue weighted by Gasteiger charge is -2.34. The highest BCUT2D eigenvalue weighted by molar-refractivity contribution is 5.65. The molecule has 94 valence electrons. The normalized spacial score (nSPS) is 18.9. The van der Waals surface area contributed by atoms with Crippen molar-refractivity contribution in [2.75, 3.05) is 30.8 Å². The van der Waals surface area contributed by atoms with Crippen molar-refractivity contribution in [3.05, 3.63) is 24.0 Å². The predicted molar refractivity (Wildman–Crippen MR) is 67.5 cm³/mol. The van der Waals surface area contributed by atoms with Crippen molar-refractivity contribution >= 4 is 11.4 Å². The number of anilines is 2. The van der Waals surface area contributed by atoms with E-state index in [4.69, 9.17) is 10.5 Å². The van der Waals surface area contributed by atoms with E-state index in [1.165, 1.54) is 12.1 Å². The maximum atomic E-state index is 13.1. The van der Waals surface area contributed by atoms with E-state index in [9.17, 15) is 4.39 Å². The third-order valence-corrected chi connectivity index (χ3v) is 3.42. The molecule has 3 nitrogen and oxygen atoms in total. The number of ether oxygens (including phenoxy) is 1. The van der Waals surface area contributed by atoms with Gasteiger partial charge in [-0.1, -0.05) is 6.92 Å². The Morgan fingerprint density at radius 2 is 2.12 bits per heavy atom. The Morgan fingerprint density at radius 1 is 1.41 bits per heavy atom. The van der Waals surface area contributed by atoms with Crippen LogP contribution in [0.25, 0.3) is 0 Å². The fraction of sp³-hybridized carbons (Fsp3) is 0.538. The van der Waals surface area contributed by atoms with Gasteiger partial charge in [0.15, 0.2) is 0 Å². The topological polar surface area (TPSA) is 47.3 Å². The minimum Gasteiger partial charge on any atom is -0.397 e. The number of hydrogen-bond acceptors (Lipinski definition) is 3. The molecule has 0 atom stereocenters. The monoisotopic (exact) mass is 238 g/mol. The molecular weight excluding hydrogens is 219 g/mol. The van der Waals surface area contributed by atoms with Crippen molar-refractivity contribution in [1.82, 2.24) is 0 Å². The molecule has 4 heteroatoms. The lowest BCUT2D eigenvalue weighted by Crippen LogP contribution is -2.33. The molecule has 3 N–H and O–H groups in total. The Hall–Kier alpha value is -1.29. The standard InChI is InChI=1S/C13H19FN2O/c1-13(4-6-17-7-5-13)9-16-12-8-10(14)2-3-11(12)15/h2-3,8,16H,4-7,9,15H2,1H3. The zero-order valence-corrected chi connectivity index (χ0v) is 10.1. The summed E-state index contributed by atoms with van der Waals surface area (Å²) in [7, 11) is 0. The molecule has 1 fully saturated rings. The molecule has 17 heavy (non-hydrogen) atoms. The predicted octanol–water partition coefficient (Wildman–Crippen LogP) is 2.64. The lowest BCUT2D eigenvalue weighted by atomic mass is 9.82. The van der Waals surface area contributed by atoms with E-state index in [1.807, 2.05) is 0 Å². The van der Waals surface area contributed by atoms with Crippen LogP contribution in [0.2, 0.25) is 0 Å². The quantitative estimate of drug-likeness (QED) is 0.796. The fourth-order valence-electron chi connectivity index (χ4n) is 2.03. The van der Waals surface area contributed by atoms with Crippen molar-refractivity contribution in [2.45, 2.75) is 19.8 Å². The Bertz CT molecular complexity index is 389. The molecule has 1 heterocycles. The molecule has 1 aromatic carbocycles. The largest absolute Gasteiger partial charge is 0.397 e. The number of nitrogens with one attached hydrogen (secondary N) is 1. The van der Waals surface area contributed by atoms with Gasteiger partial charge in [0, 0.05) is 19.8 Å². The SMILES string of the molecule is CC1(CNc2cc(F)ccc2N)CCOCC1. The number of rotatable bonds is 3. The van der Waals surface area contributed by atoms with Crippen LogP contribution < -0.4 is 11.1 Å². The van der Waals surface area contributed by atoms with Crippen molar-refractivity contribution in [3.8, 4) is 0 Å². The van der Waals surface area contributed by atoms with Crippen LogP contribution in [0.4, 0.5) is 15.8 Å². The number of halogens is 1. The van der Waals surface area contributed by atoms with Crippen LogP contribution in [0, 0.1) is 11.2 Å². The first-order chi connectivity index (χ1) is 8.09. The van der Waals surface area contributed by atoms with Gasteiger partial charge in [-0.05, 0) is 36.5 Å². The smallest absolute Gasteiger partial charge is 0.125 e. The minimum atomic E-state index is -0.265. The summed E-state index contributed by atoms with van der Waals surface area (Å²) in [6, 6.07) is 4.40. The van der Waals surface area contributed by atoms with Gasteiger partial charge in [-0.15, -0.1) is 0 Å². The van der Waals surface area contributed by atoms with E-state index in [2.05, 4.69) is 12.2 Å². The van der Waals surface area contributed by atoms with Crippen LogP contribution in [0.5, 0.6) is 0 Å². The highest BCUT2D eigenvalue weighted by Gasteiger charge is 2.27. The van der Waals surface area contributed by atoms with Gasteiger partial charge in [0.05, 0.1) is 11.4 Å². The molecular formula is C13H19FN2O. The van der Waals surface area contributed by atoms with Crippen molar-refractivity contribution < 1.29 is 9.13 Å². The van der Waals surface area contributed by atoms with Gasteiger partial charge in [-0.2, -0.15) is 0 Å². The molecule has 0 amide bonds. The molecule has 0 aromatic heterocycles. The molecule has 1 saturated heterocycles. The average Bonchev–Trinajstić information content (AvgIpc) is 2.31. The molecule has 0 saturated carbocycles. The Labute approximate surface area is 101 Å². The van der Waals surface area contributed by atoms with E-state index in [-0.39, 0.29) is 11.2 Å². The van der Waals surface area contributed by atoms with Gasteiger partial charge in [-0.25, -0.2) is 4.39 Å². The first kappa shape index (κ1) is 12.2. The van der Waals surface area contributed by atoms with Crippen LogP contribution in [0.15, 0.2) is 18.2 Å². The highest BCUT2D eigenvalue weighted by Crippen LogP contribution is 2.31. The molecule has 1 aliphatic rings. The second-order valence-corrected chi connectivity index (χ2v) is 5.01. The van der Waals surface area contributed by atoms with E-state index >= 15 is 0 Å². The van der Waals surface area contributed by atoms with Gasteiger partial charge < -0.3 is 15.8 Å². The number of nitrogens with two attached hydrogens (primary N) is 1. The van der Waals surface area contributed by atoms with E-state index in [0.717, 1.165) is 32.6 Å². The summed E-state index contributed by atoms with van der Waals surface area (Å²) >= 11 is 0. The van der Waals surface area contributed by atoms with Gasteiger partial charge in [-0.3, -0.25) is 0 Å². The van der Waals surface area contributed by atoms with Gasteiger partial charge in [0.2, 0.25) is 0 Å². The number of benzene rings is 1. The third-order valence-electron chi connectivity index (χ3n) is 3.42. The molecule has 1 aliphatic heterocycles. The van der Waals surface area contributed by atoms with Gasteiger partial charge in [0.1, 0.15) is 5.82 Å². The van der Waals surface area contributed by atoms with Crippen LogP contribution in [0.1, 0.15) is 19.8 Å². The second-order valence-electron chi connectivity index (χ2n) is 5.01. The van der Waals surface area contributed by atoms with Crippen LogP contribution in [0.3, 0.4) is 0 Å². The molecule has 0 radical (unpaired) electrons. The molecule has 0 unspecified atom stereocenters. The molecule has 1 aromatic rings. The van der Waals surface area contributed by atoms with E-state index < -0.39 is 0 Å². The van der Waals surface area contributed by atoms with Gasteiger partial charge in [0.25, 0.3) is 0 Å². The third kappa shape index (κ3) is 3.09. The van der Waals surface area contributed by atoms with Crippen LogP contribution in [-0.2, 0) is 4.74 Å². The van der Waals surface area contributed by atoms with Crippen molar-refractivity contribution in [3.63, 3.8) is 0 Å². The first-order valence-corrected chi connectivity index (χ1v) is 5.96. The Kier molecular flexibility index (Phi) is 3.52. The van der Waals surface area contributed by atoms with E-state index in [0.29, 0.717) is 11.4 Å². The number of hydrogen-bond donors (Lipinski definition) is 2. The molecule has 0 bridgehead atoms. The first-order valence-electron chi connectivity index (χ1n) is 5.96. The summed E-state index contributed by atoms with van der Waals surface area (Å²) in [5.41, 5.74) is 7.26.